The normalized spacial score (nSPS) is 16.2. The fourth-order valence-electron chi connectivity index (χ4n) is 5.72. The van der Waals surface area contributed by atoms with Gasteiger partial charge in [-0.2, -0.15) is 0 Å². The Labute approximate surface area is 249 Å². The maximum Gasteiger partial charge on any atom is 0.303 e. The molecule has 0 radical (unpaired) electrons. The van der Waals surface area contributed by atoms with Gasteiger partial charge in [0.2, 0.25) is 5.88 Å². The standard InChI is InChI=1S/C32H36F2N4O5/c1-20-6-10-35-29(14-20)38(18-28(33)34)32(42)25-5-4-24(39)16-27(25)37-12-8-21(9-13-37)19-43-30-15-23(7-11-36-30)26(17-31(40)41)22-2-3-22/h4-7,10-11,14-16,21-22,26,28,39H,2-3,8-9,12-13,17-19H2,1H3,(H,40,41). The number of phenolic OH excluding ortho intramolecular Hbond substituents is 1. The molecule has 5 rings (SSSR count). The molecule has 1 saturated heterocycles. The quantitative estimate of drug-likeness (QED) is 0.276. The molecule has 2 aromatic heterocycles. The fourth-order valence-corrected chi connectivity index (χ4v) is 5.72. The van der Waals surface area contributed by atoms with Gasteiger partial charge in [0, 0.05) is 37.6 Å². The van der Waals surface area contributed by atoms with Crippen molar-refractivity contribution in [1.29, 1.82) is 0 Å². The van der Waals surface area contributed by atoms with E-state index < -0.39 is 24.8 Å². The van der Waals surface area contributed by atoms with E-state index in [1.54, 1.807) is 25.3 Å². The lowest BCUT2D eigenvalue weighted by atomic mass is 9.92. The SMILES string of the molecule is Cc1ccnc(N(CC(F)F)C(=O)c2ccc(O)cc2N2CCC(COc3cc(C(CC(=O)O)C4CC4)ccn3)CC2)c1. The Kier molecular flexibility index (Phi) is 9.37. The van der Waals surface area contributed by atoms with E-state index in [0.29, 0.717) is 37.2 Å². The van der Waals surface area contributed by atoms with Gasteiger partial charge in [0.15, 0.2) is 0 Å². The zero-order valence-electron chi connectivity index (χ0n) is 24.0. The van der Waals surface area contributed by atoms with Gasteiger partial charge < -0.3 is 19.8 Å². The van der Waals surface area contributed by atoms with Crippen LogP contribution in [0.25, 0.3) is 0 Å². The van der Waals surface area contributed by atoms with Gasteiger partial charge in [0.1, 0.15) is 11.6 Å². The second-order valence-electron chi connectivity index (χ2n) is 11.4. The van der Waals surface area contributed by atoms with E-state index in [1.807, 2.05) is 17.0 Å². The van der Waals surface area contributed by atoms with Crippen LogP contribution in [0.5, 0.6) is 11.6 Å². The number of halogens is 2. The number of hydrogen-bond donors (Lipinski definition) is 2. The summed E-state index contributed by atoms with van der Waals surface area (Å²) in [5.74, 6) is -0.271. The molecule has 2 fully saturated rings. The number of anilines is 2. The second-order valence-corrected chi connectivity index (χ2v) is 11.4. The molecule has 43 heavy (non-hydrogen) atoms. The van der Waals surface area contributed by atoms with E-state index in [0.717, 1.165) is 41.7 Å². The predicted octanol–water partition coefficient (Wildman–Crippen LogP) is 5.67. The van der Waals surface area contributed by atoms with E-state index in [1.165, 1.54) is 24.4 Å². The van der Waals surface area contributed by atoms with Crippen molar-refractivity contribution in [2.75, 3.05) is 36.0 Å². The number of carbonyl (C=O) groups is 2. The van der Waals surface area contributed by atoms with Crippen LogP contribution in [0.3, 0.4) is 0 Å². The molecule has 1 aliphatic heterocycles. The number of carbonyl (C=O) groups excluding carboxylic acids is 1. The van der Waals surface area contributed by atoms with Crippen molar-refractivity contribution in [2.45, 2.75) is 51.4 Å². The van der Waals surface area contributed by atoms with Gasteiger partial charge in [0.05, 0.1) is 30.8 Å². The highest BCUT2D eigenvalue weighted by Crippen LogP contribution is 2.45. The van der Waals surface area contributed by atoms with Gasteiger partial charge in [0.25, 0.3) is 12.3 Å². The molecule has 1 aliphatic carbocycles. The summed E-state index contributed by atoms with van der Waals surface area (Å²) in [5, 5.41) is 19.6. The van der Waals surface area contributed by atoms with Gasteiger partial charge in [-0.1, -0.05) is 0 Å². The Bertz CT molecular complexity index is 1440. The van der Waals surface area contributed by atoms with Gasteiger partial charge in [-0.3, -0.25) is 14.5 Å². The second kappa shape index (κ2) is 13.4. The minimum atomic E-state index is -2.76. The topological polar surface area (TPSA) is 116 Å². The summed E-state index contributed by atoms with van der Waals surface area (Å²) in [4.78, 5) is 36.5. The number of alkyl halides is 2. The highest BCUT2D eigenvalue weighted by Gasteiger charge is 2.34. The van der Waals surface area contributed by atoms with Crippen molar-refractivity contribution in [3.63, 3.8) is 0 Å². The summed E-state index contributed by atoms with van der Waals surface area (Å²) in [5.41, 5.74) is 2.42. The number of aliphatic carboxylic acids is 1. The Morgan fingerprint density at radius 2 is 1.79 bits per heavy atom. The number of nitrogens with zero attached hydrogens (tertiary/aromatic N) is 4. The van der Waals surface area contributed by atoms with Gasteiger partial charge in [-0.15, -0.1) is 0 Å². The van der Waals surface area contributed by atoms with E-state index in [2.05, 4.69) is 9.97 Å². The number of carboxylic acid groups (broad SMARTS) is 1. The summed E-state index contributed by atoms with van der Waals surface area (Å²) in [6, 6.07) is 11.4. The van der Waals surface area contributed by atoms with E-state index in [4.69, 9.17) is 4.74 Å². The molecule has 11 heteroatoms. The summed E-state index contributed by atoms with van der Waals surface area (Å²) in [7, 11) is 0. The molecule has 3 aromatic rings. The number of amides is 1. The molecule has 3 heterocycles. The first-order chi connectivity index (χ1) is 20.7. The van der Waals surface area contributed by atoms with Crippen molar-refractivity contribution in [2.24, 2.45) is 11.8 Å². The van der Waals surface area contributed by atoms with Gasteiger partial charge in [-0.05, 0) is 91.8 Å². The molecule has 228 valence electrons. The Morgan fingerprint density at radius 1 is 1.05 bits per heavy atom. The van der Waals surface area contributed by atoms with Crippen molar-refractivity contribution < 1.29 is 33.3 Å². The van der Waals surface area contributed by atoms with E-state index >= 15 is 0 Å². The molecule has 1 saturated carbocycles. The lowest BCUT2D eigenvalue weighted by molar-refractivity contribution is -0.137. The monoisotopic (exact) mass is 594 g/mol. The highest BCUT2D eigenvalue weighted by atomic mass is 19.3. The summed E-state index contributed by atoms with van der Waals surface area (Å²) in [6.45, 7) is 2.58. The third-order valence-electron chi connectivity index (χ3n) is 8.15. The smallest absolute Gasteiger partial charge is 0.303 e. The van der Waals surface area contributed by atoms with Crippen LogP contribution in [-0.2, 0) is 4.79 Å². The number of benzene rings is 1. The van der Waals surface area contributed by atoms with Crippen LogP contribution >= 0.6 is 0 Å². The van der Waals surface area contributed by atoms with Crippen LogP contribution in [0.2, 0.25) is 0 Å². The van der Waals surface area contributed by atoms with Crippen LogP contribution < -0.4 is 14.5 Å². The lowest BCUT2D eigenvalue weighted by Crippen LogP contribution is -2.39. The molecule has 1 unspecified atom stereocenters. The largest absolute Gasteiger partial charge is 0.508 e. The minimum absolute atomic E-state index is 0.0237. The molecule has 9 nitrogen and oxygen atoms in total. The number of aromatic hydroxyl groups is 1. The summed E-state index contributed by atoms with van der Waals surface area (Å²) < 4.78 is 33.1. The maximum absolute atomic E-state index is 13.7. The minimum Gasteiger partial charge on any atom is -0.508 e. The van der Waals surface area contributed by atoms with Crippen LogP contribution in [0.1, 0.15) is 59.5 Å². The lowest BCUT2D eigenvalue weighted by Gasteiger charge is -2.35. The Morgan fingerprint density at radius 3 is 2.47 bits per heavy atom. The Hall–Kier alpha value is -4.28. The van der Waals surface area contributed by atoms with Crippen molar-refractivity contribution in [1.82, 2.24) is 9.97 Å². The van der Waals surface area contributed by atoms with Crippen LogP contribution in [0.15, 0.2) is 54.9 Å². The molecule has 1 aromatic carbocycles. The molecule has 0 bridgehead atoms. The molecular weight excluding hydrogens is 558 g/mol. The number of aromatic nitrogens is 2. The molecule has 1 amide bonds. The fraction of sp³-hybridized carbons (Fsp3) is 0.438. The number of piperidine rings is 1. The van der Waals surface area contributed by atoms with Crippen molar-refractivity contribution >= 4 is 23.4 Å². The van der Waals surface area contributed by atoms with E-state index in [9.17, 15) is 28.6 Å². The zero-order chi connectivity index (χ0) is 30.5. The molecule has 2 aliphatic rings. The number of rotatable bonds is 12. The number of ether oxygens (including phenoxy) is 1. The van der Waals surface area contributed by atoms with Gasteiger partial charge >= 0.3 is 5.97 Å². The number of phenols is 1. The predicted molar refractivity (Wildman–Crippen MR) is 157 cm³/mol. The van der Waals surface area contributed by atoms with Crippen LogP contribution in [0.4, 0.5) is 20.3 Å². The van der Waals surface area contributed by atoms with E-state index in [-0.39, 0.29) is 35.4 Å². The Balaban J connectivity index is 1.24. The molecular formula is C32H36F2N4O5. The first kappa shape index (κ1) is 30.2. The summed E-state index contributed by atoms with van der Waals surface area (Å²) in [6.07, 6.45) is 4.04. The average Bonchev–Trinajstić information content (AvgIpc) is 3.83. The number of pyridine rings is 2. The third kappa shape index (κ3) is 7.77. The van der Waals surface area contributed by atoms with Crippen molar-refractivity contribution in [3.05, 3.63) is 71.5 Å². The molecule has 2 N–H and O–H groups in total. The third-order valence-corrected chi connectivity index (χ3v) is 8.15. The van der Waals surface area contributed by atoms with Crippen molar-refractivity contribution in [3.8, 4) is 11.6 Å². The molecule has 1 atom stereocenters. The summed E-state index contributed by atoms with van der Waals surface area (Å²) >= 11 is 0. The first-order valence-corrected chi connectivity index (χ1v) is 14.6. The average molecular weight is 595 g/mol. The highest BCUT2D eigenvalue weighted by molar-refractivity contribution is 6.09. The molecule has 0 spiro atoms. The maximum atomic E-state index is 13.7. The zero-order valence-corrected chi connectivity index (χ0v) is 24.0. The van der Waals surface area contributed by atoms with Crippen LogP contribution in [-0.4, -0.2) is 64.7 Å². The van der Waals surface area contributed by atoms with Gasteiger partial charge in [-0.25, -0.2) is 18.7 Å². The van der Waals surface area contributed by atoms with Crippen LogP contribution in [0, 0.1) is 18.8 Å². The first-order valence-electron chi connectivity index (χ1n) is 14.6. The number of aryl methyl sites for hydroxylation is 1. The number of carboxylic acids is 1. The number of hydrogen-bond acceptors (Lipinski definition) is 7.